The molecule has 0 spiro atoms. The summed E-state index contributed by atoms with van der Waals surface area (Å²) in [7, 11) is 0. The predicted molar refractivity (Wildman–Crippen MR) is 90.6 cm³/mol. The third-order valence-electron chi connectivity index (χ3n) is 3.80. The van der Waals surface area contributed by atoms with E-state index in [4.69, 9.17) is 4.98 Å². The first-order valence-corrected chi connectivity index (χ1v) is 7.65. The largest absolute Gasteiger partial charge is 0.305 e. The quantitative estimate of drug-likeness (QED) is 0.465. The SMILES string of the molecule is Cc1cc2nc(-c3cccc4ccccc34)cn2cc1Br. The lowest BCUT2D eigenvalue weighted by Crippen LogP contribution is -1.85. The maximum Gasteiger partial charge on any atom is 0.137 e. The summed E-state index contributed by atoms with van der Waals surface area (Å²) in [4.78, 5) is 4.78. The number of nitrogens with zero attached hydrogens (tertiary/aromatic N) is 2. The van der Waals surface area contributed by atoms with Gasteiger partial charge in [-0.25, -0.2) is 4.98 Å². The third-order valence-corrected chi connectivity index (χ3v) is 4.63. The van der Waals surface area contributed by atoms with Gasteiger partial charge in [0.15, 0.2) is 0 Å². The Morgan fingerprint density at radius 1 is 1.00 bits per heavy atom. The minimum absolute atomic E-state index is 0.971. The Morgan fingerprint density at radius 3 is 2.71 bits per heavy atom. The van der Waals surface area contributed by atoms with Crippen LogP contribution in [0.25, 0.3) is 27.7 Å². The number of hydrogen-bond acceptors (Lipinski definition) is 1. The summed E-state index contributed by atoms with van der Waals surface area (Å²) < 4.78 is 3.16. The van der Waals surface area contributed by atoms with Gasteiger partial charge in [-0.2, -0.15) is 0 Å². The van der Waals surface area contributed by atoms with Crippen molar-refractivity contribution < 1.29 is 0 Å². The normalized spacial score (nSPS) is 11.3. The molecule has 2 nitrogen and oxygen atoms in total. The summed E-state index contributed by atoms with van der Waals surface area (Å²) in [5, 5.41) is 2.48. The first kappa shape index (κ1) is 12.6. The first-order valence-electron chi connectivity index (χ1n) is 6.85. The van der Waals surface area contributed by atoms with E-state index in [1.807, 2.05) is 0 Å². The molecule has 2 heterocycles. The van der Waals surface area contributed by atoms with Crippen LogP contribution in [0.3, 0.4) is 0 Å². The van der Waals surface area contributed by atoms with Crippen LogP contribution in [-0.4, -0.2) is 9.38 Å². The molecule has 0 N–H and O–H groups in total. The molecule has 4 rings (SSSR count). The summed E-state index contributed by atoms with van der Waals surface area (Å²) in [6.07, 6.45) is 4.15. The van der Waals surface area contributed by atoms with Crippen LogP contribution in [0.15, 0.2) is 65.4 Å². The summed E-state index contributed by atoms with van der Waals surface area (Å²) in [6.45, 7) is 2.08. The molecule has 0 aliphatic heterocycles. The maximum absolute atomic E-state index is 4.78. The zero-order valence-electron chi connectivity index (χ0n) is 11.5. The Morgan fingerprint density at radius 2 is 1.81 bits per heavy atom. The molecule has 0 bridgehead atoms. The lowest BCUT2D eigenvalue weighted by atomic mass is 10.0. The monoisotopic (exact) mass is 336 g/mol. The van der Waals surface area contributed by atoms with Gasteiger partial charge in [-0.3, -0.25) is 0 Å². The Bertz CT molecular complexity index is 925. The number of hydrogen-bond donors (Lipinski definition) is 0. The Balaban J connectivity index is 2.00. The van der Waals surface area contributed by atoms with Crippen LogP contribution in [0, 0.1) is 6.92 Å². The van der Waals surface area contributed by atoms with Crippen molar-refractivity contribution in [1.29, 1.82) is 0 Å². The molecule has 0 saturated carbocycles. The van der Waals surface area contributed by atoms with E-state index < -0.39 is 0 Å². The zero-order valence-corrected chi connectivity index (χ0v) is 13.1. The molecule has 0 aliphatic carbocycles. The fourth-order valence-electron chi connectivity index (χ4n) is 2.68. The van der Waals surface area contributed by atoms with Gasteiger partial charge in [0.1, 0.15) is 5.65 Å². The van der Waals surface area contributed by atoms with Crippen LogP contribution in [0.1, 0.15) is 5.56 Å². The van der Waals surface area contributed by atoms with E-state index in [2.05, 4.69) is 88.2 Å². The second-order valence-corrected chi connectivity index (χ2v) is 6.08. The molecule has 2 aromatic heterocycles. The summed E-state index contributed by atoms with van der Waals surface area (Å²) >= 11 is 3.57. The van der Waals surface area contributed by atoms with Gasteiger partial charge in [-0.15, -0.1) is 0 Å². The van der Waals surface area contributed by atoms with E-state index in [1.54, 1.807) is 0 Å². The number of pyridine rings is 1. The fourth-order valence-corrected chi connectivity index (χ4v) is 3.02. The molecule has 0 unspecified atom stereocenters. The van der Waals surface area contributed by atoms with Crippen LogP contribution in [0.4, 0.5) is 0 Å². The molecule has 2 aromatic carbocycles. The molecule has 0 atom stereocenters. The van der Waals surface area contributed by atoms with Gasteiger partial charge in [0, 0.05) is 22.4 Å². The van der Waals surface area contributed by atoms with Gasteiger partial charge >= 0.3 is 0 Å². The highest BCUT2D eigenvalue weighted by atomic mass is 79.9. The van der Waals surface area contributed by atoms with Crippen LogP contribution in [-0.2, 0) is 0 Å². The van der Waals surface area contributed by atoms with Gasteiger partial charge < -0.3 is 4.40 Å². The van der Waals surface area contributed by atoms with Gasteiger partial charge in [-0.1, -0.05) is 42.5 Å². The van der Waals surface area contributed by atoms with Gasteiger partial charge in [0.2, 0.25) is 0 Å². The second kappa shape index (κ2) is 4.71. The second-order valence-electron chi connectivity index (χ2n) is 5.22. The Kier molecular flexibility index (Phi) is 2.82. The number of imidazole rings is 1. The smallest absolute Gasteiger partial charge is 0.137 e. The van der Waals surface area contributed by atoms with Crippen molar-refractivity contribution in [3.8, 4) is 11.3 Å². The van der Waals surface area contributed by atoms with Crippen LogP contribution in [0.5, 0.6) is 0 Å². The number of aromatic nitrogens is 2. The van der Waals surface area contributed by atoms with E-state index in [9.17, 15) is 0 Å². The van der Waals surface area contributed by atoms with Gasteiger partial charge in [0.05, 0.1) is 5.69 Å². The van der Waals surface area contributed by atoms with Crippen molar-refractivity contribution in [2.75, 3.05) is 0 Å². The number of fused-ring (bicyclic) bond motifs is 2. The van der Waals surface area contributed by atoms with E-state index in [0.717, 1.165) is 15.8 Å². The molecule has 0 saturated heterocycles. The highest BCUT2D eigenvalue weighted by molar-refractivity contribution is 9.10. The van der Waals surface area contributed by atoms with Crippen LogP contribution >= 0.6 is 15.9 Å². The number of benzene rings is 2. The average Bonchev–Trinajstić information content (AvgIpc) is 2.90. The molecular formula is C18H13BrN2. The highest BCUT2D eigenvalue weighted by Gasteiger charge is 2.09. The molecule has 0 aliphatic rings. The molecule has 3 heteroatoms. The maximum atomic E-state index is 4.78. The van der Waals surface area contributed by atoms with E-state index >= 15 is 0 Å². The van der Waals surface area contributed by atoms with Crippen molar-refractivity contribution in [1.82, 2.24) is 9.38 Å². The Hall–Kier alpha value is -2.13. The summed E-state index contributed by atoms with van der Waals surface area (Å²) in [6, 6.07) is 16.9. The van der Waals surface area contributed by atoms with Gasteiger partial charge in [0.25, 0.3) is 0 Å². The minimum atomic E-state index is 0.971. The van der Waals surface area contributed by atoms with Crippen LogP contribution in [0.2, 0.25) is 0 Å². The molecule has 4 aromatic rings. The third kappa shape index (κ3) is 2.05. The number of rotatable bonds is 1. The molecule has 102 valence electrons. The first-order chi connectivity index (χ1) is 10.2. The standard InChI is InChI=1S/C18H13BrN2/c1-12-9-18-20-17(11-21(18)10-16(12)19)15-8-4-6-13-5-2-3-7-14(13)15/h2-11H,1H3. The van der Waals surface area contributed by atoms with E-state index in [0.29, 0.717) is 0 Å². The van der Waals surface area contributed by atoms with Crippen molar-refractivity contribution in [2.45, 2.75) is 6.92 Å². The van der Waals surface area contributed by atoms with Crippen molar-refractivity contribution in [2.24, 2.45) is 0 Å². The van der Waals surface area contributed by atoms with E-state index in [1.165, 1.54) is 21.9 Å². The number of halogens is 1. The van der Waals surface area contributed by atoms with Gasteiger partial charge in [-0.05, 0) is 45.3 Å². The lowest BCUT2D eigenvalue weighted by molar-refractivity contribution is 1.16. The number of aryl methyl sites for hydroxylation is 1. The molecule has 0 radical (unpaired) electrons. The average molecular weight is 337 g/mol. The topological polar surface area (TPSA) is 17.3 Å². The molecule has 0 fully saturated rings. The molecule has 21 heavy (non-hydrogen) atoms. The van der Waals surface area contributed by atoms with E-state index in [-0.39, 0.29) is 0 Å². The summed E-state index contributed by atoms with van der Waals surface area (Å²) in [5.74, 6) is 0. The molecule has 0 amide bonds. The lowest BCUT2D eigenvalue weighted by Gasteiger charge is -2.02. The molecular weight excluding hydrogens is 324 g/mol. The Labute approximate surface area is 131 Å². The zero-order chi connectivity index (χ0) is 14.4. The highest BCUT2D eigenvalue weighted by Crippen LogP contribution is 2.29. The fraction of sp³-hybridized carbons (Fsp3) is 0.0556. The van der Waals surface area contributed by atoms with Crippen molar-refractivity contribution in [3.63, 3.8) is 0 Å². The van der Waals surface area contributed by atoms with Crippen LogP contribution < -0.4 is 0 Å². The predicted octanol–water partition coefficient (Wildman–Crippen LogP) is 5.23. The van der Waals surface area contributed by atoms with Crippen molar-refractivity contribution in [3.05, 3.63) is 71.0 Å². The minimum Gasteiger partial charge on any atom is -0.305 e. The summed E-state index contributed by atoms with van der Waals surface area (Å²) in [5.41, 5.74) is 4.34. The van der Waals surface area contributed by atoms with Crippen molar-refractivity contribution >= 4 is 32.3 Å².